The first-order valence-electron chi connectivity index (χ1n) is 18.0. The van der Waals surface area contributed by atoms with E-state index in [1.807, 2.05) is 6.07 Å². The quantitative estimate of drug-likeness (QED) is 0.156. The lowest BCUT2D eigenvalue weighted by Gasteiger charge is -2.30. The minimum absolute atomic E-state index is 0.866. The van der Waals surface area contributed by atoms with Crippen LogP contribution in [-0.2, 0) is 0 Å². The van der Waals surface area contributed by atoms with E-state index < -0.39 is 0 Å². The molecule has 0 spiro atoms. The van der Waals surface area contributed by atoms with Crippen molar-refractivity contribution in [3.63, 3.8) is 0 Å². The fourth-order valence-electron chi connectivity index (χ4n) is 7.79. The Balaban J connectivity index is 1.24. The smallest absolute Gasteiger partial charge is 0.138 e. The van der Waals surface area contributed by atoms with Gasteiger partial charge < -0.3 is 14.2 Å². The number of benzene rings is 9. The molecule has 0 fully saturated rings. The van der Waals surface area contributed by atoms with Gasteiger partial charge in [-0.3, -0.25) is 0 Å². The van der Waals surface area contributed by atoms with Crippen molar-refractivity contribution in [3.05, 3.63) is 206 Å². The van der Waals surface area contributed by atoms with Gasteiger partial charge >= 0.3 is 0 Å². The Bertz CT molecular complexity index is 2870. The van der Waals surface area contributed by atoms with E-state index in [1.54, 1.807) is 0 Å². The molecule has 3 nitrogen and oxygen atoms in total. The van der Waals surface area contributed by atoms with Crippen LogP contribution in [0.4, 0.5) is 34.1 Å². The van der Waals surface area contributed by atoms with E-state index in [1.165, 1.54) is 27.3 Å². The number of hydrogen-bond donors (Lipinski definition) is 0. The highest BCUT2D eigenvalue weighted by atomic mass is 16.3. The van der Waals surface area contributed by atoms with Crippen LogP contribution in [0, 0.1) is 0 Å². The number of hydrogen-bond acceptors (Lipinski definition) is 3. The van der Waals surface area contributed by atoms with E-state index in [9.17, 15) is 0 Å². The lowest BCUT2D eigenvalue weighted by atomic mass is 9.96. The van der Waals surface area contributed by atoms with Crippen LogP contribution in [0.25, 0.3) is 54.6 Å². The zero-order valence-electron chi connectivity index (χ0n) is 28.9. The first-order valence-corrected chi connectivity index (χ1v) is 18.0. The Morgan fingerprint density at radius 1 is 0.302 bits per heavy atom. The van der Waals surface area contributed by atoms with E-state index in [0.717, 1.165) is 61.4 Å². The predicted octanol–water partition coefficient (Wildman–Crippen LogP) is 14.5. The molecule has 0 aliphatic heterocycles. The van der Waals surface area contributed by atoms with Crippen LogP contribution in [0.5, 0.6) is 0 Å². The molecule has 0 N–H and O–H groups in total. The van der Waals surface area contributed by atoms with E-state index in [-0.39, 0.29) is 0 Å². The zero-order valence-corrected chi connectivity index (χ0v) is 28.9. The van der Waals surface area contributed by atoms with Crippen LogP contribution in [0.15, 0.2) is 211 Å². The number of nitrogens with zero attached hydrogens (tertiary/aromatic N) is 2. The molecule has 10 aromatic rings. The number of fused-ring (bicyclic) bond motifs is 6. The van der Waals surface area contributed by atoms with Crippen LogP contribution in [0.2, 0.25) is 0 Å². The van der Waals surface area contributed by atoms with E-state index in [0.29, 0.717) is 0 Å². The van der Waals surface area contributed by atoms with Gasteiger partial charge in [0.05, 0.1) is 11.1 Å². The summed E-state index contributed by atoms with van der Waals surface area (Å²) in [5.74, 6) is 0. The lowest BCUT2D eigenvalue weighted by molar-refractivity contribution is 0.669. The lowest BCUT2D eigenvalue weighted by Crippen LogP contribution is -2.13. The Hall–Kier alpha value is -7.10. The van der Waals surface area contributed by atoms with Gasteiger partial charge in [0.2, 0.25) is 0 Å². The Labute approximate surface area is 308 Å². The second-order valence-electron chi connectivity index (χ2n) is 13.4. The third-order valence-electron chi connectivity index (χ3n) is 10.2. The molecular formula is C50H34N2O. The molecule has 53 heavy (non-hydrogen) atoms. The molecule has 0 aliphatic carbocycles. The Kier molecular flexibility index (Phi) is 7.47. The van der Waals surface area contributed by atoms with Crippen molar-refractivity contribution in [1.29, 1.82) is 0 Å². The maximum Gasteiger partial charge on any atom is 0.138 e. The summed E-state index contributed by atoms with van der Waals surface area (Å²) in [5.41, 5.74) is 10.6. The van der Waals surface area contributed by atoms with Crippen LogP contribution in [-0.4, -0.2) is 0 Å². The first kappa shape index (κ1) is 30.7. The van der Waals surface area contributed by atoms with Gasteiger partial charge in [0.1, 0.15) is 11.2 Å². The molecule has 0 bridgehead atoms. The van der Waals surface area contributed by atoms with Gasteiger partial charge in [-0.2, -0.15) is 0 Å². The number of para-hydroxylation sites is 3. The Morgan fingerprint density at radius 3 is 1.57 bits per heavy atom. The molecule has 9 aromatic carbocycles. The van der Waals surface area contributed by atoms with E-state index in [4.69, 9.17) is 4.42 Å². The van der Waals surface area contributed by atoms with Crippen LogP contribution < -0.4 is 9.80 Å². The summed E-state index contributed by atoms with van der Waals surface area (Å²) in [6, 6.07) is 73.3. The normalized spacial score (nSPS) is 11.4. The summed E-state index contributed by atoms with van der Waals surface area (Å²) >= 11 is 0. The van der Waals surface area contributed by atoms with Gasteiger partial charge in [0, 0.05) is 39.2 Å². The third kappa shape index (κ3) is 5.38. The van der Waals surface area contributed by atoms with Crippen molar-refractivity contribution < 1.29 is 4.42 Å². The molecule has 0 radical (unpaired) electrons. The van der Waals surface area contributed by atoms with E-state index in [2.05, 4.69) is 210 Å². The van der Waals surface area contributed by atoms with Crippen molar-refractivity contribution >= 4 is 77.6 Å². The molecule has 0 saturated heterocycles. The predicted molar refractivity (Wildman–Crippen MR) is 224 cm³/mol. The second-order valence-corrected chi connectivity index (χ2v) is 13.4. The largest absolute Gasteiger partial charge is 0.456 e. The number of rotatable bonds is 7. The van der Waals surface area contributed by atoms with Crippen molar-refractivity contribution in [2.45, 2.75) is 0 Å². The highest BCUT2D eigenvalue weighted by Gasteiger charge is 2.25. The molecule has 250 valence electrons. The summed E-state index contributed by atoms with van der Waals surface area (Å²) in [4.78, 5) is 4.76. The van der Waals surface area contributed by atoms with Crippen molar-refractivity contribution in [2.75, 3.05) is 9.80 Å². The fraction of sp³-hybridized carbons (Fsp3) is 0. The third-order valence-corrected chi connectivity index (χ3v) is 10.2. The van der Waals surface area contributed by atoms with Crippen LogP contribution in [0.1, 0.15) is 0 Å². The molecule has 10 rings (SSSR count). The summed E-state index contributed by atoms with van der Waals surface area (Å²) in [6.45, 7) is 0. The molecule has 0 saturated carbocycles. The minimum Gasteiger partial charge on any atom is -0.456 e. The molecule has 0 unspecified atom stereocenters. The molecule has 1 aromatic heterocycles. The average Bonchev–Trinajstić information content (AvgIpc) is 3.60. The topological polar surface area (TPSA) is 19.6 Å². The summed E-state index contributed by atoms with van der Waals surface area (Å²) in [7, 11) is 0. The highest BCUT2D eigenvalue weighted by molar-refractivity contribution is 6.27. The SMILES string of the molecule is c1ccc(-c2ccc(N(c3ccccc3)c3cccc(N(c4ccccc4)c4c5c(ccc6ccccc65)cc5oc6ccccc6c45)c3)cc2)cc1. The molecular weight excluding hydrogens is 645 g/mol. The van der Waals surface area contributed by atoms with E-state index >= 15 is 0 Å². The molecule has 0 atom stereocenters. The number of furan rings is 1. The Morgan fingerprint density at radius 2 is 0.830 bits per heavy atom. The summed E-state index contributed by atoms with van der Waals surface area (Å²) in [5, 5.41) is 6.90. The second kappa shape index (κ2) is 12.9. The van der Waals surface area contributed by atoms with Crippen molar-refractivity contribution in [3.8, 4) is 11.1 Å². The van der Waals surface area contributed by atoms with Gasteiger partial charge in [0.15, 0.2) is 0 Å². The molecule has 3 heteroatoms. The zero-order chi connectivity index (χ0) is 35.1. The van der Waals surface area contributed by atoms with Crippen LogP contribution in [0.3, 0.4) is 0 Å². The monoisotopic (exact) mass is 678 g/mol. The first-order chi connectivity index (χ1) is 26.3. The highest BCUT2D eigenvalue weighted by Crippen LogP contribution is 2.49. The molecule has 1 heterocycles. The maximum absolute atomic E-state index is 6.62. The number of anilines is 6. The van der Waals surface area contributed by atoms with Gasteiger partial charge in [-0.15, -0.1) is 0 Å². The van der Waals surface area contributed by atoms with Gasteiger partial charge in [-0.25, -0.2) is 0 Å². The van der Waals surface area contributed by atoms with Gasteiger partial charge in [-0.05, 0) is 94.0 Å². The fourth-order valence-corrected chi connectivity index (χ4v) is 7.79. The van der Waals surface area contributed by atoms with Gasteiger partial charge in [-0.1, -0.05) is 140 Å². The van der Waals surface area contributed by atoms with Crippen LogP contribution >= 0.6 is 0 Å². The molecule has 0 amide bonds. The standard InChI is InChI=1S/C50H34N2O/c1-4-15-35(16-5-1)36-29-31-41(32-30-36)51(39-18-6-2-7-19-39)42-22-14-23-43(34-42)52(40-20-8-3-9-21-40)50-48-38(28-27-37-17-10-11-24-44(37)48)33-47-49(50)45-25-12-13-26-46(45)53-47/h1-34H. The van der Waals surface area contributed by atoms with Gasteiger partial charge in [0.25, 0.3) is 0 Å². The minimum atomic E-state index is 0.866. The van der Waals surface area contributed by atoms with Crippen molar-refractivity contribution in [1.82, 2.24) is 0 Å². The summed E-state index contributed by atoms with van der Waals surface area (Å²) < 4.78 is 6.62. The van der Waals surface area contributed by atoms with Crippen molar-refractivity contribution in [2.24, 2.45) is 0 Å². The maximum atomic E-state index is 6.62. The summed E-state index contributed by atoms with van der Waals surface area (Å²) in [6.07, 6.45) is 0. The molecule has 0 aliphatic rings. The average molecular weight is 679 g/mol.